The molecule has 0 bridgehead atoms. The molecular formula is C22H21ClN4O2. The maximum atomic E-state index is 12.7. The Morgan fingerprint density at radius 1 is 1.31 bits per heavy atom. The largest absolute Gasteiger partial charge is 0.361 e. The number of aryl methyl sites for hydroxylation is 1. The topological polar surface area (TPSA) is 78.1 Å². The number of likely N-dealkylation sites (N-methyl/N-ethyl adjacent to an activating group) is 1. The number of nitrogens with one attached hydrogen (secondary N) is 2. The summed E-state index contributed by atoms with van der Waals surface area (Å²) in [7, 11) is 1.78. The summed E-state index contributed by atoms with van der Waals surface area (Å²) in [5, 5.41) is 4.43. The minimum Gasteiger partial charge on any atom is -0.361 e. The fourth-order valence-corrected chi connectivity index (χ4v) is 3.68. The molecule has 29 heavy (non-hydrogen) atoms. The molecule has 0 radical (unpaired) electrons. The van der Waals surface area contributed by atoms with Crippen molar-refractivity contribution in [2.75, 3.05) is 12.4 Å². The third-order valence-corrected chi connectivity index (χ3v) is 5.57. The Balaban J connectivity index is 1.50. The maximum absolute atomic E-state index is 12.7. The molecule has 1 unspecified atom stereocenters. The summed E-state index contributed by atoms with van der Waals surface area (Å²) >= 11 is 6.14. The number of nitrogens with zero attached hydrogens (tertiary/aromatic N) is 2. The lowest BCUT2D eigenvalue weighted by Crippen LogP contribution is -2.27. The number of rotatable bonds is 4. The summed E-state index contributed by atoms with van der Waals surface area (Å²) in [5.41, 5.74) is 3.81. The van der Waals surface area contributed by atoms with E-state index in [4.69, 9.17) is 11.6 Å². The molecule has 0 fully saturated rings. The van der Waals surface area contributed by atoms with Crippen LogP contribution < -0.4 is 5.32 Å². The van der Waals surface area contributed by atoms with Gasteiger partial charge >= 0.3 is 0 Å². The van der Waals surface area contributed by atoms with E-state index in [1.54, 1.807) is 30.3 Å². The third kappa shape index (κ3) is 3.89. The Bertz CT molecular complexity index is 1140. The first kappa shape index (κ1) is 19.2. The van der Waals surface area contributed by atoms with Crippen molar-refractivity contribution in [1.29, 1.82) is 0 Å². The lowest BCUT2D eigenvalue weighted by molar-refractivity contribution is -0.126. The van der Waals surface area contributed by atoms with Crippen LogP contribution in [0.25, 0.3) is 17.0 Å². The molecule has 0 aliphatic carbocycles. The van der Waals surface area contributed by atoms with Crippen LogP contribution in [0.15, 0.2) is 42.7 Å². The van der Waals surface area contributed by atoms with Crippen LogP contribution in [0.4, 0.5) is 5.82 Å². The van der Waals surface area contributed by atoms with Crippen LogP contribution >= 0.6 is 11.6 Å². The predicted molar refractivity (Wildman–Crippen MR) is 115 cm³/mol. The van der Waals surface area contributed by atoms with E-state index in [0.29, 0.717) is 23.7 Å². The van der Waals surface area contributed by atoms with E-state index >= 15 is 0 Å². The monoisotopic (exact) mass is 408 g/mol. The van der Waals surface area contributed by atoms with Gasteiger partial charge in [-0.05, 0) is 60.4 Å². The number of anilines is 1. The van der Waals surface area contributed by atoms with Gasteiger partial charge in [0.25, 0.3) is 0 Å². The molecule has 2 aromatic heterocycles. The van der Waals surface area contributed by atoms with E-state index < -0.39 is 0 Å². The number of pyridine rings is 1. The van der Waals surface area contributed by atoms with Crippen LogP contribution in [-0.4, -0.2) is 33.7 Å². The highest BCUT2D eigenvalue weighted by atomic mass is 35.5. The minimum atomic E-state index is -0.128. The second-order valence-electron chi connectivity index (χ2n) is 7.22. The number of H-pyrrole nitrogens is 1. The van der Waals surface area contributed by atoms with Crippen LogP contribution in [-0.2, 0) is 16.0 Å². The molecule has 0 saturated carbocycles. The van der Waals surface area contributed by atoms with Gasteiger partial charge < -0.3 is 15.2 Å². The van der Waals surface area contributed by atoms with Crippen LogP contribution in [0.1, 0.15) is 36.1 Å². The van der Waals surface area contributed by atoms with E-state index in [1.165, 1.54) is 0 Å². The number of hydrogen-bond donors (Lipinski definition) is 2. The number of carbonyl (C=O) groups excluding carboxylic acids is 2. The first-order chi connectivity index (χ1) is 13.9. The Hall–Kier alpha value is -3.12. The van der Waals surface area contributed by atoms with Crippen molar-refractivity contribution in [1.82, 2.24) is 14.9 Å². The number of benzene rings is 1. The van der Waals surface area contributed by atoms with Crippen LogP contribution in [0, 0.1) is 0 Å². The molecule has 1 aromatic carbocycles. The number of halogens is 1. The smallest absolute Gasteiger partial charge is 0.246 e. The van der Waals surface area contributed by atoms with Crippen molar-refractivity contribution >= 4 is 46.2 Å². The normalized spacial score (nSPS) is 14.7. The highest BCUT2D eigenvalue weighted by Crippen LogP contribution is 2.29. The molecule has 0 spiro atoms. The van der Waals surface area contributed by atoms with Gasteiger partial charge in [0, 0.05) is 47.9 Å². The summed E-state index contributed by atoms with van der Waals surface area (Å²) in [5.74, 6) is 0.478. The third-order valence-electron chi connectivity index (χ3n) is 5.34. The second-order valence-corrected chi connectivity index (χ2v) is 7.65. The molecule has 6 nitrogen and oxygen atoms in total. The van der Waals surface area contributed by atoms with E-state index in [-0.39, 0.29) is 17.9 Å². The van der Waals surface area contributed by atoms with E-state index in [9.17, 15) is 9.59 Å². The van der Waals surface area contributed by atoms with Crippen molar-refractivity contribution in [3.8, 4) is 0 Å². The molecular weight excluding hydrogens is 388 g/mol. The molecule has 1 aliphatic heterocycles. The quantitative estimate of drug-likeness (QED) is 0.630. The van der Waals surface area contributed by atoms with E-state index in [0.717, 1.165) is 27.6 Å². The van der Waals surface area contributed by atoms with Gasteiger partial charge in [0.05, 0.1) is 6.04 Å². The molecule has 0 saturated heterocycles. The number of aromatic amines is 1. The molecule has 3 heterocycles. The SMILES string of the molecule is CC(c1c[nH]c2ccc(Cl)cc12)N(C)C(=O)/C=C/c1cnc2c(c1)CCC(=O)N2. The zero-order valence-corrected chi connectivity index (χ0v) is 17.0. The molecule has 1 atom stereocenters. The fourth-order valence-electron chi connectivity index (χ4n) is 3.51. The first-order valence-corrected chi connectivity index (χ1v) is 9.80. The number of hydrogen-bond acceptors (Lipinski definition) is 3. The van der Waals surface area contributed by atoms with Crippen molar-refractivity contribution < 1.29 is 9.59 Å². The molecule has 3 aromatic rings. The summed E-state index contributed by atoms with van der Waals surface area (Å²) in [4.78, 5) is 33.4. The predicted octanol–water partition coefficient (Wildman–Crippen LogP) is 4.33. The van der Waals surface area contributed by atoms with Gasteiger partial charge in [-0.3, -0.25) is 9.59 Å². The average molecular weight is 409 g/mol. The van der Waals surface area contributed by atoms with Crippen LogP contribution in [0.3, 0.4) is 0 Å². The van der Waals surface area contributed by atoms with Crippen molar-refractivity contribution in [2.45, 2.75) is 25.8 Å². The Labute approximate surface area is 173 Å². The van der Waals surface area contributed by atoms with Crippen molar-refractivity contribution in [3.63, 3.8) is 0 Å². The molecule has 2 N–H and O–H groups in total. The Kier molecular flexibility index (Phi) is 5.11. The first-order valence-electron chi connectivity index (χ1n) is 9.42. The van der Waals surface area contributed by atoms with Gasteiger partial charge in [-0.2, -0.15) is 0 Å². The average Bonchev–Trinajstić information content (AvgIpc) is 3.13. The van der Waals surface area contributed by atoms with E-state index in [2.05, 4.69) is 15.3 Å². The number of amides is 2. The van der Waals surface area contributed by atoms with Gasteiger partial charge in [-0.1, -0.05) is 11.6 Å². The van der Waals surface area contributed by atoms with Gasteiger partial charge in [0.1, 0.15) is 5.82 Å². The summed E-state index contributed by atoms with van der Waals surface area (Å²) in [6.07, 6.45) is 7.98. The Morgan fingerprint density at radius 2 is 2.14 bits per heavy atom. The minimum absolute atomic E-state index is 0.0161. The molecule has 2 amide bonds. The lowest BCUT2D eigenvalue weighted by Gasteiger charge is -2.23. The summed E-state index contributed by atoms with van der Waals surface area (Å²) < 4.78 is 0. The van der Waals surface area contributed by atoms with Gasteiger partial charge in [-0.25, -0.2) is 4.98 Å². The van der Waals surface area contributed by atoms with Gasteiger partial charge in [-0.15, -0.1) is 0 Å². The standard InChI is InChI=1S/C22H21ClN4O2/c1-13(18-12-24-19-6-5-16(23)10-17(18)19)27(2)21(29)8-3-14-9-15-4-7-20(28)26-22(15)25-11-14/h3,5-6,8-13,24H,4,7H2,1-2H3,(H,25,26,28)/b8-3+. The molecule has 148 valence electrons. The van der Waals surface area contributed by atoms with Gasteiger partial charge in [0.2, 0.25) is 11.8 Å². The molecule has 4 rings (SSSR count). The summed E-state index contributed by atoms with van der Waals surface area (Å²) in [6.45, 7) is 1.98. The second kappa shape index (κ2) is 7.72. The van der Waals surface area contributed by atoms with Crippen molar-refractivity contribution in [3.05, 3.63) is 64.4 Å². The van der Waals surface area contributed by atoms with Crippen LogP contribution in [0.5, 0.6) is 0 Å². The summed E-state index contributed by atoms with van der Waals surface area (Å²) in [6, 6.07) is 7.50. The fraction of sp³-hybridized carbons (Fsp3) is 0.227. The zero-order chi connectivity index (χ0) is 20.5. The molecule has 1 aliphatic rings. The van der Waals surface area contributed by atoms with Crippen molar-refractivity contribution in [2.24, 2.45) is 0 Å². The highest BCUT2D eigenvalue weighted by molar-refractivity contribution is 6.31. The lowest BCUT2D eigenvalue weighted by atomic mass is 10.0. The highest BCUT2D eigenvalue weighted by Gasteiger charge is 2.19. The number of fused-ring (bicyclic) bond motifs is 2. The number of carbonyl (C=O) groups is 2. The number of aromatic nitrogens is 2. The van der Waals surface area contributed by atoms with Crippen LogP contribution in [0.2, 0.25) is 5.02 Å². The van der Waals surface area contributed by atoms with E-state index in [1.807, 2.05) is 37.4 Å². The maximum Gasteiger partial charge on any atom is 0.246 e. The zero-order valence-electron chi connectivity index (χ0n) is 16.2. The Morgan fingerprint density at radius 3 is 2.97 bits per heavy atom. The van der Waals surface area contributed by atoms with Gasteiger partial charge in [0.15, 0.2) is 0 Å². The molecule has 7 heteroatoms.